The largest absolute Gasteiger partial charge is 3.00 e. The summed E-state index contributed by atoms with van der Waals surface area (Å²) in [5.41, 5.74) is 5.62. The first-order chi connectivity index (χ1) is 23.1. The Morgan fingerprint density at radius 3 is 0.620 bits per heavy atom. The van der Waals surface area contributed by atoms with Crippen LogP contribution in [0.15, 0.2) is 54.6 Å². The van der Waals surface area contributed by atoms with Crippen molar-refractivity contribution in [3.63, 3.8) is 0 Å². The molecule has 2 fully saturated rings. The minimum atomic E-state index is 0. The summed E-state index contributed by atoms with van der Waals surface area (Å²) >= 11 is 0. The first-order valence-electron chi connectivity index (χ1n) is 18.7. The molecule has 2 heterocycles. The second-order valence-corrected chi connectivity index (χ2v) is 14.9. The van der Waals surface area contributed by atoms with Crippen LogP contribution in [0.5, 0.6) is 17.2 Å². The van der Waals surface area contributed by atoms with Gasteiger partial charge in [0.1, 0.15) is 0 Å². The molecule has 0 bridgehead atoms. The van der Waals surface area contributed by atoms with Crippen molar-refractivity contribution in [2.24, 2.45) is 0 Å². The number of para-hydroxylation sites is 3. The third-order valence-corrected chi connectivity index (χ3v) is 8.61. The summed E-state index contributed by atoms with van der Waals surface area (Å²) in [6.45, 7) is 28.7. The van der Waals surface area contributed by atoms with Crippen molar-refractivity contribution in [1.82, 2.24) is 0 Å². The van der Waals surface area contributed by atoms with Gasteiger partial charge in [-0.1, -0.05) is 171 Å². The molecule has 3 aromatic carbocycles. The second kappa shape index (κ2) is 26.1. The Hall–Kier alpha value is -1.75. The molecule has 0 aliphatic carbocycles. The Labute approximate surface area is 336 Å². The molecule has 5 rings (SSSR count). The van der Waals surface area contributed by atoms with E-state index in [0.29, 0.717) is 35.5 Å². The molecule has 50 heavy (non-hydrogen) atoms. The number of hydrogen-bond donors (Lipinski definition) is 0. The van der Waals surface area contributed by atoms with E-state index >= 15 is 0 Å². The zero-order chi connectivity index (χ0) is 37.1. The van der Waals surface area contributed by atoms with Crippen molar-refractivity contribution in [2.45, 2.75) is 144 Å². The summed E-state index contributed by atoms with van der Waals surface area (Å²) in [5, 5.41) is 35.6. The summed E-state index contributed by atoms with van der Waals surface area (Å²) < 4.78 is 9.89. The zero-order valence-electron chi connectivity index (χ0n) is 33.2. The summed E-state index contributed by atoms with van der Waals surface area (Å²) in [7, 11) is 0. The molecule has 1 radical (unpaired) electrons. The molecular weight excluding hydrogens is 771 g/mol. The van der Waals surface area contributed by atoms with Crippen LogP contribution in [-0.2, 0) is 9.47 Å². The Morgan fingerprint density at radius 1 is 0.360 bits per heavy atom. The maximum Gasteiger partial charge on any atom is 3.00 e. The van der Waals surface area contributed by atoms with Gasteiger partial charge in [-0.25, -0.2) is 0 Å². The van der Waals surface area contributed by atoms with Gasteiger partial charge in [-0.05, 0) is 61.2 Å². The van der Waals surface area contributed by atoms with Gasteiger partial charge in [0.2, 0.25) is 0 Å². The topological polar surface area (TPSA) is 87.6 Å². The van der Waals surface area contributed by atoms with E-state index in [-0.39, 0.29) is 55.4 Å². The van der Waals surface area contributed by atoms with Crippen LogP contribution in [0.2, 0.25) is 0 Å². The normalized spacial score (nSPS) is 13.6. The first-order valence-corrected chi connectivity index (χ1v) is 18.7. The molecule has 0 saturated carbocycles. The summed E-state index contributed by atoms with van der Waals surface area (Å²) in [6.07, 6.45) is 5.11. The summed E-state index contributed by atoms with van der Waals surface area (Å²) in [5.74, 6) is 2.64. The standard InChI is InChI=1S/3C12H18O.2C4H8O.Dy/c3*1-8(2)10-6-5-7-11(9(3)4)12(10)13;2*1-2-4-5-3-1;/h3*5-9,13H,1-4H3;2*1-4H2;/q;;;;;+3/p-3. The van der Waals surface area contributed by atoms with Gasteiger partial charge in [0.25, 0.3) is 0 Å². The number of ether oxygens (including phenoxy) is 2. The van der Waals surface area contributed by atoms with Gasteiger partial charge < -0.3 is 24.8 Å². The van der Waals surface area contributed by atoms with Crippen LogP contribution in [0, 0.1) is 38.2 Å². The molecule has 283 valence electrons. The minimum absolute atomic E-state index is 0. The molecule has 5 nitrogen and oxygen atoms in total. The molecule has 3 aromatic rings. The molecule has 0 atom stereocenters. The van der Waals surface area contributed by atoms with Crippen molar-refractivity contribution in [1.29, 1.82) is 0 Å². The predicted molar refractivity (Wildman–Crippen MR) is 202 cm³/mol. The van der Waals surface area contributed by atoms with E-state index in [2.05, 4.69) is 83.1 Å². The SMILES string of the molecule is C1CCOC1.C1CCOC1.CC(C)c1cccc(C(C)C)c1[O-].CC(C)c1cccc(C(C)C)c1[O-].CC(C)c1cccc(C(C)C)c1[O-].[Dy+3]. The van der Waals surface area contributed by atoms with Crippen molar-refractivity contribution in [3.8, 4) is 17.2 Å². The smallest absolute Gasteiger partial charge is 0.872 e. The average Bonchev–Trinajstić information content (AvgIpc) is 3.82. The van der Waals surface area contributed by atoms with Crippen LogP contribution in [-0.4, -0.2) is 26.4 Å². The third kappa shape index (κ3) is 17.2. The monoisotopic (exact) mass is 839 g/mol. The molecule has 2 aliphatic heterocycles. The van der Waals surface area contributed by atoms with Crippen LogP contribution in [0.25, 0.3) is 0 Å². The van der Waals surface area contributed by atoms with E-state index in [1.165, 1.54) is 25.7 Å². The fourth-order valence-corrected chi connectivity index (χ4v) is 5.47. The molecule has 2 saturated heterocycles. The minimum Gasteiger partial charge on any atom is -0.872 e. The maximum atomic E-state index is 11.9. The molecule has 0 N–H and O–H groups in total. The number of hydrogen-bond acceptors (Lipinski definition) is 5. The van der Waals surface area contributed by atoms with E-state index in [1.54, 1.807) is 0 Å². The summed E-state index contributed by atoms with van der Waals surface area (Å²) in [6, 6.07) is 17.5. The number of benzene rings is 3. The van der Waals surface area contributed by atoms with Crippen molar-refractivity contribution in [2.75, 3.05) is 26.4 Å². The van der Waals surface area contributed by atoms with E-state index in [1.807, 2.05) is 54.6 Å². The van der Waals surface area contributed by atoms with Crippen molar-refractivity contribution >= 4 is 0 Å². The van der Waals surface area contributed by atoms with E-state index in [4.69, 9.17) is 9.47 Å². The zero-order valence-corrected chi connectivity index (χ0v) is 35.2. The molecule has 2 aliphatic rings. The van der Waals surface area contributed by atoms with E-state index in [9.17, 15) is 15.3 Å². The fraction of sp³-hybridized carbons (Fsp3) is 0.591. The molecule has 0 aromatic heterocycles. The maximum absolute atomic E-state index is 11.9. The van der Waals surface area contributed by atoms with Gasteiger partial charge in [0.15, 0.2) is 0 Å². The van der Waals surface area contributed by atoms with Gasteiger partial charge >= 0.3 is 38.2 Å². The van der Waals surface area contributed by atoms with Crippen LogP contribution in [0.1, 0.15) is 178 Å². The van der Waals surface area contributed by atoms with Gasteiger partial charge in [0.05, 0.1) is 0 Å². The molecule has 0 amide bonds. The average molecular weight is 839 g/mol. The Bertz CT molecular complexity index is 1070. The quantitative estimate of drug-likeness (QED) is 0.247. The Balaban J connectivity index is 0.000000625. The molecule has 0 spiro atoms. The van der Waals surface area contributed by atoms with Crippen LogP contribution >= 0.6 is 0 Å². The first kappa shape index (κ1) is 48.3. The third-order valence-electron chi connectivity index (χ3n) is 8.61. The molecule has 0 unspecified atom stereocenters. The van der Waals surface area contributed by atoms with Gasteiger partial charge in [-0.2, -0.15) is 0 Å². The predicted octanol–water partition coefficient (Wildman–Crippen LogP) is 10.6. The Morgan fingerprint density at radius 2 is 0.520 bits per heavy atom. The van der Waals surface area contributed by atoms with Crippen molar-refractivity contribution < 1.29 is 63.0 Å². The second-order valence-electron chi connectivity index (χ2n) is 14.9. The van der Waals surface area contributed by atoms with Crippen LogP contribution in [0.3, 0.4) is 0 Å². The Kier molecular flexibility index (Phi) is 25.2. The van der Waals surface area contributed by atoms with Gasteiger partial charge in [0, 0.05) is 26.4 Å². The van der Waals surface area contributed by atoms with Crippen LogP contribution in [0.4, 0.5) is 0 Å². The van der Waals surface area contributed by atoms with E-state index in [0.717, 1.165) is 59.8 Å². The van der Waals surface area contributed by atoms with Crippen molar-refractivity contribution in [3.05, 3.63) is 88.0 Å². The fourth-order valence-electron chi connectivity index (χ4n) is 5.47. The number of rotatable bonds is 6. The summed E-state index contributed by atoms with van der Waals surface area (Å²) in [4.78, 5) is 0. The van der Waals surface area contributed by atoms with E-state index < -0.39 is 0 Å². The molecule has 6 heteroatoms. The van der Waals surface area contributed by atoms with Gasteiger partial charge in [-0.3, -0.25) is 0 Å². The van der Waals surface area contributed by atoms with Gasteiger partial charge in [-0.15, -0.1) is 17.2 Å². The molecular formula is C44H67DyO5. The van der Waals surface area contributed by atoms with Crippen LogP contribution < -0.4 is 15.3 Å².